The Kier molecular flexibility index (Phi) is 3.60. The molecule has 1 saturated heterocycles. The van der Waals surface area contributed by atoms with Gasteiger partial charge in [0.25, 0.3) is 0 Å². The molecule has 0 radical (unpaired) electrons. The van der Waals surface area contributed by atoms with Crippen molar-refractivity contribution in [2.45, 2.75) is 12.5 Å². The average Bonchev–Trinajstić information content (AvgIpc) is 2.91. The van der Waals surface area contributed by atoms with E-state index in [-0.39, 0.29) is 11.9 Å². The van der Waals surface area contributed by atoms with Crippen LogP contribution in [0.3, 0.4) is 0 Å². The highest BCUT2D eigenvalue weighted by Gasteiger charge is 2.21. The Balaban J connectivity index is 1.68. The molecular formula is C15H18N2O3. The summed E-state index contributed by atoms with van der Waals surface area (Å²) in [6, 6.07) is 5.77. The number of nitrogens with zero attached hydrogens (tertiary/aromatic N) is 1. The van der Waals surface area contributed by atoms with E-state index in [1.807, 2.05) is 18.2 Å². The number of carbonyl (C=O) groups is 1. The van der Waals surface area contributed by atoms with E-state index >= 15 is 0 Å². The molecule has 0 aromatic heterocycles. The number of likely N-dealkylation sites (tertiary alicyclic amines) is 1. The van der Waals surface area contributed by atoms with Crippen LogP contribution in [-0.2, 0) is 4.79 Å². The Morgan fingerprint density at radius 2 is 2.10 bits per heavy atom. The van der Waals surface area contributed by atoms with Gasteiger partial charge in [0, 0.05) is 25.2 Å². The van der Waals surface area contributed by atoms with Gasteiger partial charge in [0.1, 0.15) is 13.2 Å². The number of hydrogen-bond donors (Lipinski definition) is 1. The largest absolute Gasteiger partial charge is 0.486 e. The first-order chi connectivity index (χ1) is 9.72. The lowest BCUT2D eigenvalue weighted by Crippen LogP contribution is -2.30. The number of benzene rings is 1. The van der Waals surface area contributed by atoms with Gasteiger partial charge in [-0.3, -0.25) is 4.79 Å². The molecule has 3 rings (SSSR count). The molecule has 1 aromatic carbocycles. The van der Waals surface area contributed by atoms with Gasteiger partial charge in [-0.25, -0.2) is 0 Å². The first-order valence-corrected chi connectivity index (χ1v) is 6.84. The maximum atomic E-state index is 12.0. The third-order valence-corrected chi connectivity index (χ3v) is 3.52. The molecule has 2 aliphatic heterocycles. The number of fused-ring (bicyclic) bond motifs is 1. The first kappa shape index (κ1) is 13.0. The van der Waals surface area contributed by atoms with Crippen LogP contribution in [0, 0.1) is 0 Å². The van der Waals surface area contributed by atoms with Crippen LogP contribution in [0.15, 0.2) is 24.3 Å². The Morgan fingerprint density at radius 1 is 1.30 bits per heavy atom. The van der Waals surface area contributed by atoms with Crippen LogP contribution in [0.2, 0.25) is 0 Å². The van der Waals surface area contributed by atoms with E-state index in [0.29, 0.717) is 19.8 Å². The lowest BCUT2D eigenvalue weighted by molar-refractivity contribution is -0.124. The van der Waals surface area contributed by atoms with Crippen LogP contribution in [0.25, 0.3) is 6.08 Å². The number of ether oxygens (including phenoxy) is 2. The van der Waals surface area contributed by atoms with Crippen molar-refractivity contribution in [2.24, 2.45) is 5.73 Å². The van der Waals surface area contributed by atoms with Gasteiger partial charge in [-0.15, -0.1) is 0 Å². The number of amides is 1. The second kappa shape index (κ2) is 5.54. The zero-order chi connectivity index (χ0) is 13.9. The Hall–Kier alpha value is -2.01. The number of nitrogens with two attached hydrogens (primary N) is 1. The van der Waals surface area contributed by atoms with Crippen molar-refractivity contribution in [3.8, 4) is 11.5 Å². The summed E-state index contributed by atoms with van der Waals surface area (Å²) in [5.41, 5.74) is 6.72. The van der Waals surface area contributed by atoms with E-state index in [0.717, 1.165) is 30.0 Å². The van der Waals surface area contributed by atoms with Crippen LogP contribution >= 0.6 is 0 Å². The molecule has 0 spiro atoms. The molecule has 0 unspecified atom stereocenters. The van der Waals surface area contributed by atoms with E-state index in [4.69, 9.17) is 15.2 Å². The highest BCUT2D eigenvalue weighted by Crippen LogP contribution is 2.31. The predicted molar refractivity (Wildman–Crippen MR) is 75.6 cm³/mol. The molecule has 2 N–H and O–H groups in total. The maximum Gasteiger partial charge on any atom is 0.246 e. The highest BCUT2D eigenvalue weighted by atomic mass is 16.6. The minimum Gasteiger partial charge on any atom is -0.486 e. The van der Waals surface area contributed by atoms with Crippen LogP contribution in [-0.4, -0.2) is 43.2 Å². The normalized spacial score (nSPS) is 21.4. The van der Waals surface area contributed by atoms with Gasteiger partial charge >= 0.3 is 0 Å². The summed E-state index contributed by atoms with van der Waals surface area (Å²) in [7, 11) is 0. The molecule has 0 aliphatic carbocycles. The van der Waals surface area contributed by atoms with Crippen molar-refractivity contribution in [1.29, 1.82) is 0 Å². The lowest BCUT2D eigenvalue weighted by Gasteiger charge is -2.18. The number of carbonyl (C=O) groups excluding carboxylic acids is 1. The Labute approximate surface area is 118 Å². The summed E-state index contributed by atoms with van der Waals surface area (Å²) in [6.07, 6.45) is 4.26. The third kappa shape index (κ3) is 2.77. The van der Waals surface area contributed by atoms with Crippen LogP contribution in [0.4, 0.5) is 0 Å². The van der Waals surface area contributed by atoms with Gasteiger partial charge in [0.05, 0.1) is 0 Å². The van der Waals surface area contributed by atoms with Crippen molar-refractivity contribution in [2.75, 3.05) is 26.3 Å². The van der Waals surface area contributed by atoms with Crippen molar-refractivity contribution in [3.05, 3.63) is 29.8 Å². The molecule has 20 heavy (non-hydrogen) atoms. The zero-order valence-electron chi connectivity index (χ0n) is 11.2. The monoisotopic (exact) mass is 274 g/mol. The molecule has 5 nitrogen and oxygen atoms in total. The number of hydrogen-bond acceptors (Lipinski definition) is 4. The van der Waals surface area contributed by atoms with Gasteiger partial charge in [-0.1, -0.05) is 6.07 Å². The molecule has 5 heteroatoms. The van der Waals surface area contributed by atoms with Gasteiger partial charge in [-0.05, 0) is 30.2 Å². The molecule has 1 fully saturated rings. The first-order valence-electron chi connectivity index (χ1n) is 6.84. The van der Waals surface area contributed by atoms with Gasteiger partial charge in [0.2, 0.25) is 5.91 Å². The minimum atomic E-state index is 0.00726. The molecular weight excluding hydrogens is 256 g/mol. The maximum absolute atomic E-state index is 12.0. The summed E-state index contributed by atoms with van der Waals surface area (Å²) < 4.78 is 11.0. The van der Waals surface area contributed by atoms with E-state index in [1.165, 1.54) is 0 Å². The summed E-state index contributed by atoms with van der Waals surface area (Å²) in [6.45, 7) is 2.52. The average molecular weight is 274 g/mol. The fraction of sp³-hybridized carbons (Fsp3) is 0.400. The van der Waals surface area contributed by atoms with Crippen LogP contribution < -0.4 is 15.2 Å². The summed E-state index contributed by atoms with van der Waals surface area (Å²) in [5, 5.41) is 0. The molecule has 0 bridgehead atoms. The molecule has 106 valence electrons. The molecule has 0 saturated carbocycles. The zero-order valence-corrected chi connectivity index (χ0v) is 11.2. The van der Waals surface area contributed by atoms with E-state index in [1.54, 1.807) is 17.1 Å². The summed E-state index contributed by atoms with van der Waals surface area (Å²) in [5.74, 6) is 1.49. The predicted octanol–water partition coefficient (Wildman–Crippen LogP) is 1.03. The smallest absolute Gasteiger partial charge is 0.246 e. The fourth-order valence-corrected chi connectivity index (χ4v) is 2.42. The van der Waals surface area contributed by atoms with Gasteiger partial charge in [0.15, 0.2) is 11.5 Å². The van der Waals surface area contributed by atoms with E-state index < -0.39 is 0 Å². The summed E-state index contributed by atoms with van der Waals surface area (Å²) >= 11 is 0. The topological polar surface area (TPSA) is 64.8 Å². The lowest BCUT2D eigenvalue weighted by atomic mass is 10.2. The van der Waals surface area contributed by atoms with Crippen LogP contribution in [0.5, 0.6) is 11.5 Å². The van der Waals surface area contributed by atoms with Crippen molar-refractivity contribution in [1.82, 2.24) is 4.90 Å². The second-order valence-electron chi connectivity index (χ2n) is 5.07. The minimum absolute atomic E-state index is 0.00726. The fourth-order valence-electron chi connectivity index (χ4n) is 2.42. The van der Waals surface area contributed by atoms with Gasteiger partial charge < -0.3 is 20.1 Å². The highest BCUT2D eigenvalue weighted by molar-refractivity contribution is 5.92. The van der Waals surface area contributed by atoms with Crippen molar-refractivity contribution < 1.29 is 14.3 Å². The molecule has 2 aliphatic rings. The third-order valence-electron chi connectivity index (χ3n) is 3.52. The Morgan fingerprint density at radius 3 is 2.85 bits per heavy atom. The molecule has 1 aromatic rings. The second-order valence-corrected chi connectivity index (χ2v) is 5.07. The van der Waals surface area contributed by atoms with Crippen molar-refractivity contribution in [3.63, 3.8) is 0 Å². The summed E-state index contributed by atoms with van der Waals surface area (Å²) in [4.78, 5) is 13.8. The van der Waals surface area contributed by atoms with E-state index in [2.05, 4.69) is 0 Å². The Bertz CT molecular complexity index is 542. The van der Waals surface area contributed by atoms with Gasteiger partial charge in [-0.2, -0.15) is 0 Å². The quantitative estimate of drug-likeness (QED) is 0.818. The van der Waals surface area contributed by atoms with Crippen molar-refractivity contribution >= 4 is 12.0 Å². The standard InChI is InChI=1S/C15H18N2O3/c16-12-5-6-17(10-12)15(18)4-2-11-1-3-13-14(9-11)20-8-7-19-13/h1-4,9,12H,5-8,10,16H2/b4-2+/t12-/m1/s1. The molecule has 1 amide bonds. The van der Waals surface area contributed by atoms with Crippen LogP contribution in [0.1, 0.15) is 12.0 Å². The van der Waals surface area contributed by atoms with E-state index in [9.17, 15) is 4.79 Å². The molecule has 1 atom stereocenters. The molecule has 2 heterocycles. The SMILES string of the molecule is N[C@@H]1CCN(C(=O)/C=C/c2ccc3c(c2)OCCO3)C1. The number of rotatable bonds is 2.